The topological polar surface area (TPSA) is 72.9 Å². The lowest BCUT2D eigenvalue weighted by Gasteiger charge is -2.27. The van der Waals surface area contributed by atoms with Gasteiger partial charge in [0.15, 0.2) is 0 Å². The van der Waals surface area contributed by atoms with Crippen molar-refractivity contribution >= 4 is 5.82 Å². The molecule has 20 heavy (non-hydrogen) atoms. The maximum Gasteiger partial charge on any atom is 0.421 e. The van der Waals surface area contributed by atoms with Gasteiger partial charge in [0.25, 0.3) is 5.56 Å². The van der Waals surface area contributed by atoms with Crippen LogP contribution in [0.2, 0.25) is 0 Å². The molecular formula is C12H17F3N4O. The van der Waals surface area contributed by atoms with Gasteiger partial charge in [-0.25, -0.2) is 4.68 Å². The van der Waals surface area contributed by atoms with Crippen molar-refractivity contribution in [3.05, 3.63) is 22.0 Å². The molecular weight excluding hydrogens is 273 g/mol. The zero-order valence-corrected chi connectivity index (χ0v) is 11.1. The summed E-state index contributed by atoms with van der Waals surface area (Å²) in [5.74, 6) is 0.0693. The lowest BCUT2D eigenvalue weighted by atomic mass is 9.92. The van der Waals surface area contributed by atoms with E-state index < -0.39 is 17.3 Å². The van der Waals surface area contributed by atoms with Crippen LogP contribution in [0, 0.1) is 0 Å². The van der Waals surface area contributed by atoms with Crippen LogP contribution in [0.1, 0.15) is 31.2 Å². The van der Waals surface area contributed by atoms with Crippen molar-refractivity contribution in [2.75, 3.05) is 5.32 Å². The normalized spacial score (nSPS) is 23.6. The fourth-order valence-electron chi connectivity index (χ4n) is 2.35. The minimum Gasteiger partial charge on any atom is -0.366 e. The number of halogens is 3. The van der Waals surface area contributed by atoms with Crippen molar-refractivity contribution in [2.45, 2.75) is 43.9 Å². The van der Waals surface area contributed by atoms with Gasteiger partial charge in [-0.2, -0.15) is 18.3 Å². The van der Waals surface area contributed by atoms with Crippen LogP contribution < -0.4 is 16.6 Å². The average molecular weight is 290 g/mol. The minimum atomic E-state index is -4.68. The van der Waals surface area contributed by atoms with Gasteiger partial charge >= 0.3 is 6.18 Å². The van der Waals surface area contributed by atoms with E-state index in [2.05, 4.69) is 10.4 Å². The van der Waals surface area contributed by atoms with Gasteiger partial charge in [-0.1, -0.05) is 0 Å². The Morgan fingerprint density at radius 3 is 2.50 bits per heavy atom. The summed E-state index contributed by atoms with van der Waals surface area (Å²) in [6.45, 7) is 0. The lowest BCUT2D eigenvalue weighted by molar-refractivity contribution is -0.139. The maximum absolute atomic E-state index is 12.8. The van der Waals surface area contributed by atoms with Crippen molar-refractivity contribution < 1.29 is 13.2 Å². The lowest BCUT2D eigenvalue weighted by Crippen LogP contribution is -2.34. The van der Waals surface area contributed by atoms with E-state index in [4.69, 9.17) is 5.73 Å². The molecule has 0 saturated heterocycles. The van der Waals surface area contributed by atoms with Crippen LogP contribution >= 0.6 is 0 Å². The van der Waals surface area contributed by atoms with Crippen molar-refractivity contribution in [1.29, 1.82) is 0 Å². The third kappa shape index (κ3) is 3.30. The molecule has 2 rings (SSSR count). The van der Waals surface area contributed by atoms with Gasteiger partial charge in [-0.3, -0.25) is 4.79 Å². The molecule has 1 heterocycles. The summed E-state index contributed by atoms with van der Waals surface area (Å²) in [4.78, 5) is 11.4. The molecule has 0 atom stereocenters. The first-order valence-corrected chi connectivity index (χ1v) is 6.45. The van der Waals surface area contributed by atoms with E-state index in [1.807, 2.05) is 0 Å². The summed E-state index contributed by atoms with van der Waals surface area (Å²) in [5.41, 5.74) is 3.43. The Morgan fingerprint density at radius 2 is 1.95 bits per heavy atom. The number of aryl methyl sites for hydroxylation is 1. The Bertz CT molecular complexity index is 532. The van der Waals surface area contributed by atoms with E-state index in [9.17, 15) is 18.0 Å². The number of hydrogen-bond donors (Lipinski definition) is 2. The van der Waals surface area contributed by atoms with Crippen LogP contribution in [0.4, 0.5) is 19.0 Å². The highest BCUT2D eigenvalue weighted by atomic mass is 19.4. The van der Waals surface area contributed by atoms with E-state index >= 15 is 0 Å². The number of rotatable bonds is 2. The first-order chi connectivity index (χ1) is 9.27. The first-order valence-electron chi connectivity index (χ1n) is 6.45. The second-order valence-corrected chi connectivity index (χ2v) is 5.13. The summed E-state index contributed by atoms with van der Waals surface area (Å²) in [6, 6.07) is 0.976. The van der Waals surface area contributed by atoms with Gasteiger partial charge in [0.05, 0.1) is 0 Å². The molecule has 0 radical (unpaired) electrons. The number of nitrogens with zero attached hydrogens (tertiary/aromatic N) is 2. The molecule has 1 aromatic rings. The highest BCUT2D eigenvalue weighted by Crippen LogP contribution is 2.28. The number of hydrogen-bond acceptors (Lipinski definition) is 4. The molecule has 1 aromatic heterocycles. The summed E-state index contributed by atoms with van der Waals surface area (Å²) in [6.07, 6.45) is -1.45. The van der Waals surface area contributed by atoms with E-state index in [1.165, 1.54) is 7.05 Å². The molecule has 1 aliphatic rings. The van der Waals surface area contributed by atoms with Gasteiger partial charge in [-0.05, 0) is 25.7 Å². The third-order valence-electron chi connectivity index (χ3n) is 3.49. The van der Waals surface area contributed by atoms with Crippen molar-refractivity contribution in [3.63, 3.8) is 0 Å². The standard InChI is InChI=1S/C12H17F3N4O/c1-19-11(20)9(12(13,14)15)6-10(18-19)17-8-4-2-7(16)3-5-8/h6-8H,2-5,16H2,1H3,(H,17,18). The molecule has 0 unspecified atom stereocenters. The van der Waals surface area contributed by atoms with Gasteiger partial charge in [0.2, 0.25) is 0 Å². The first kappa shape index (κ1) is 14.8. The molecule has 0 aliphatic heterocycles. The molecule has 0 aromatic carbocycles. The minimum absolute atomic E-state index is 0.0425. The predicted molar refractivity (Wildman–Crippen MR) is 68.3 cm³/mol. The SMILES string of the molecule is Cn1nc(NC2CCC(N)CC2)cc(C(F)(F)F)c1=O. The van der Waals surface area contributed by atoms with Gasteiger partial charge in [-0.15, -0.1) is 0 Å². The molecule has 112 valence electrons. The zero-order valence-electron chi connectivity index (χ0n) is 11.1. The van der Waals surface area contributed by atoms with E-state index in [0.717, 1.165) is 31.7 Å². The maximum atomic E-state index is 12.8. The van der Waals surface area contributed by atoms with Crippen LogP contribution in [0.25, 0.3) is 0 Å². The highest BCUT2D eigenvalue weighted by Gasteiger charge is 2.35. The molecule has 0 spiro atoms. The number of nitrogens with two attached hydrogens (primary N) is 1. The molecule has 8 heteroatoms. The van der Waals surface area contributed by atoms with Crippen molar-refractivity contribution in [2.24, 2.45) is 12.8 Å². The Labute approximate surface area is 114 Å². The fourth-order valence-corrected chi connectivity index (χ4v) is 2.35. The average Bonchev–Trinajstić information content (AvgIpc) is 2.35. The number of aromatic nitrogens is 2. The Balaban J connectivity index is 2.21. The van der Waals surface area contributed by atoms with Gasteiger partial charge < -0.3 is 11.1 Å². The zero-order chi connectivity index (χ0) is 14.9. The van der Waals surface area contributed by atoms with Crippen LogP contribution in [-0.4, -0.2) is 21.9 Å². The molecule has 1 saturated carbocycles. The van der Waals surface area contributed by atoms with Crippen molar-refractivity contribution in [3.8, 4) is 0 Å². The molecule has 5 nitrogen and oxygen atoms in total. The highest BCUT2D eigenvalue weighted by molar-refractivity contribution is 5.38. The quantitative estimate of drug-likeness (QED) is 0.865. The Hall–Kier alpha value is -1.57. The smallest absolute Gasteiger partial charge is 0.366 e. The van der Waals surface area contributed by atoms with E-state index in [1.54, 1.807) is 0 Å². The third-order valence-corrected chi connectivity index (χ3v) is 3.49. The summed E-state index contributed by atoms with van der Waals surface area (Å²) in [7, 11) is 1.21. The summed E-state index contributed by atoms with van der Waals surface area (Å²) < 4.78 is 39.0. The number of alkyl halides is 3. The molecule has 0 amide bonds. The van der Waals surface area contributed by atoms with Gasteiger partial charge in [0, 0.05) is 25.2 Å². The fraction of sp³-hybridized carbons (Fsp3) is 0.667. The largest absolute Gasteiger partial charge is 0.421 e. The van der Waals surface area contributed by atoms with Crippen molar-refractivity contribution in [1.82, 2.24) is 9.78 Å². The molecule has 1 fully saturated rings. The second kappa shape index (κ2) is 5.43. The molecule has 0 bridgehead atoms. The van der Waals surface area contributed by atoms with Crippen LogP contribution in [0.5, 0.6) is 0 Å². The molecule has 1 aliphatic carbocycles. The Kier molecular flexibility index (Phi) is 4.03. The van der Waals surface area contributed by atoms with Crippen LogP contribution in [0.3, 0.4) is 0 Å². The van der Waals surface area contributed by atoms with E-state index in [-0.39, 0.29) is 17.9 Å². The second-order valence-electron chi connectivity index (χ2n) is 5.13. The van der Waals surface area contributed by atoms with E-state index in [0.29, 0.717) is 4.68 Å². The predicted octanol–water partition coefficient (Wildman–Crippen LogP) is 1.48. The number of anilines is 1. The Morgan fingerprint density at radius 1 is 1.35 bits per heavy atom. The molecule has 3 N–H and O–H groups in total. The van der Waals surface area contributed by atoms with Gasteiger partial charge in [0.1, 0.15) is 11.4 Å². The number of nitrogens with one attached hydrogen (secondary N) is 1. The van der Waals surface area contributed by atoms with Crippen LogP contribution in [-0.2, 0) is 13.2 Å². The monoisotopic (exact) mass is 290 g/mol. The van der Waals surface area contributed by atoms with Crippen LogP contribution in [0.15, 0.2) is 10.9 Å². The summed E-state index contributed by atoms with van der Waals surface area (Å²) in [5, 5.41) is 6.78. The summed E-state index contributed by atoms with van der Waals surface area (Å²) >= 11 is 0.